The van der Waals surface area contributed by atoms with Crippen molar-refractivity contribution < 1.29 is 4.79 Å². The zero-order chi connectivity index (χ0) is 19.4. The molecule has 2 aromatic rings. The molecule has 1 atom stereocenters. The zero-order valence-corrected chi connectivity index (χ0v) is 16.8. The number of carbonyl (C=O) groups is 1. The maximum atomic E-state index is 12.8. The van der Waals surface area contributed by atoms with Crippen molar-refractivity contribution in [1.82, 2.24) is 24.6 Å². The van der Waals surface area contributed by atoms with Crippen LogP contribution < -0.4 is 5.32 Å². The van der Waals surface area contributed by atoms with Gasteiger partial charge in [0.25, 0.3) is 0 Å². The Labute approximate surface area is 161 Å². The fourth-order valence-corrected chi connectivity index (χ4v) is 3.67. The largest absolute Gasteiger partial charge is 0.324 e. The number of rotatable bonds is 5. The van der Waals surface area contributed by atoms with Gasteiger partial charge in [-0.15, -0.1) is 10.2 Å². The number of hydrogen-bond donors (Lipinski definition) is 1. The molecule has 0 spiro atoms. The lowest BCUT2D eigenvalue weighted by Gasteiger charge is -2.32. The molecular weight excluding hydrogens is 340 g/mol. The molecule has 2 amide bonds. The van der Waals surface area contributed by atoms with Crippen LogP contribution in [0.25, 0.3) is 0 Å². The number of nitrogens with one attached hydrogen (secondary N) is 1. The summed E-state index contributed by atoms with van der Waals surface area (Å²) >= 11 is 0. The van der Waals surface area contributed by atoms with E-state index >= 15 is 0 Å². The third-order valence-corrected chi connectivity index (χ3v) is 5.17. The highest BCUT2D eigenvalue weighted by atomic mass is 16.2. The molecule has 2 heterocycles. The van der Waals surface area contributed by atoms with Crippen molar-refractivity contribution in [3.05, 3.63) is 41.5 Å². The maximum Gasteiger partial charge on any atom is 0.321 e. The zero-order valence-electron chi connectivity index (χ0n) is 16.8. The monoisotopic (exact) mass is 370 g/mol. The van der Waals surface area contributed by atoms with Crippen LogP contribution in [0.1, 0.15) is 42.9 Å². The highest BCUT2D eigenvalue weighted by molar-refractivity contribution is 5.90. The predicted molar refractivity (Wildman–Crippen MR) is 107 cm³/mol. The van der Waals surface area contributed by atoms with Crippen molar-refractivity contribution in [2.24, 2.45) is 7.05 Å². The van der Waals surface area contributed by atoms with Gasteiger partial charge in [0.1, 0.15) is 11.6 Å². The second-order valence-electron chi connectivity index (χ2n) is 7.50. The number of anilines is 1. The van der Waals surface area contributed by atoms with E-state index in [1.165, 1.54) is 0 Å². The third kappa shape index (κ3) is 4.47. The number of hydrogen-bond acceptors (Lipinski definition) is 4. The summed E-state index contributed by atoms with van der Waals surface area (Å²) in [7, 11) is 6.06. The average Bonchev–Trinajstić information content (AvgIpc) is 3.02. The number of nitrogens with zero attached hydrogens (tertiary/aromatic N) is 5. The van der Waals surface area contributed by atoms with E-state index in [1.54, 1.807) is 0 Å². The van der Waals surface area contributed by atoms with Crippen molar-refractivity contribution in [2.75, 3.05) is 32.5 Å². The van der Waals surface area contributed by atoms with Gasteiger partial charge in [-0.1, -0.05) is 25.1 Å². The topological polar surface area (TPSA) is 66.3 Å². The van der Waals surface area contributed by atoms with Crippen LogP contribution in [0.2, 0.25) is 0 Å². The highest BCUT2D eigenvalue weighted by Crippen LogP contribution is 2.26. The minimum Gasteiger partial charge on any atom is -0.324 e. The molecule has 146 valence electrons. The summed E-state index contributed by atoms with van der Waals surface area (Å²) in [5.74, 6) is 2.14. The second-order valence-corrected chi connectivity index (χ2v) is 7.50. The van der Waals surface area contributed by atoms with Gasteiger partial charge in [-0.25, -0.2) is 4.79 Å². The fourth-order valence-electron chi connectivity index (χ4n) is 3.67. The summed E-state index contributed by atoms with van der Waals surface area (Å²) in [5, 5.41) is 11.9. The van der Waals surface area contributed by atoms with Crippen LogP contribution in [-0.4, -0.2) is 57.8 Å². The molecule has 1 aromatic heterocycles. The van der Waals surface area contributed by atoms with Crippen LogP contribution in [0, 0.1) is 0 Å². The Balaban J connectivity index is 1.69. The van der Waals surface area contributed by atoms with Gasteiger partial charge >= 0.3 is 6.03 Å². The summed E-state index contributed by atoms with van der Waals surface area (Å²) in [6, 6.07) is 7.95. The van der Waals surface area contributed by atoms with E-state index in [0.717, 1.165) is 55.3 Å². The van der Waals surface area contributed by atoms with Crippen LogP contribution in [0.15, 0.2) is 24.3 Å². The van der Waals surface area contributed by atoms with E-state index in [-0.39, 0.29) is 11.9 Å². The highest BCUT2D eigenvalue weighted by Gasteiger charge is 2.28. The molecule has 1 aromatic carbocycles. The van der Waals surface area contributed by atoms with Gasteiger partial charge in [-0.3, -0.25) is 0 Å². The fraction of sp³-hybridized carbons (Fsp3) is 0.550. The molecule has 0 bridgehead atoms. The quantitative estimate of drug-likeness (QED) is 0.879. The molecule has 1 N–H and O–H groups in total. The number of amides is 2. The molecule has 0 radical (unpaired) electrons. The van der Waals surface area contributed by atoms with Crippen molar-refractivity contribution in [1.29, 1.82) is 0 Å². The maximum absolute atomic E-state index is 12.8. The van der Waals surface area contributed by atoms with E-state index in [2.05, 4.69) is 38.0 Å². The number of benzene rings is 1. The van der Waals surface area contributed by atoms with Crippen LogP contribution in [0.4, 0.5) is 10.5 Å². The molecule has 0 unspecified atom stereocenters. The number of urea groups is 1. The minimum absolute atomic E-state index is 0.0312. The van der Waals surface area contributed by atoms with E-state index in [4.69, 9.17) is 0 Å². The molecule has 1 fully saturated rings. The van der Waals surface area contributed by atoms with Gasteiger partial charge in [0.2, 0.25) is 0 Å². The van der Waals surface area contributed by atoms with Gasteiger partial charge in [0, 0.05) is 31.7 Å². The van der Waals surface area contributed by atoms with Gasteiger partial charge in [0.15, 0.2) is 0 Å². The molecule has 7 nitrogen and oxygen atoms in total. The van der Waals surface area contributed by atoms with Crippen LogP contribution in [0.5, 0.6) is 0 Å². The lowest BCUT2D eigenvalue weighted by molar-refractivity contribution is 0.190. The number of likely N-dealkylation sites (tertiary alicyclic amines) is 1. The standard InChI is InChI=1S/C20H30N6O/c1-5-15-9-6-7-11-17(15)21-20(27)26-12-8-10-16(13-26)19-23-22-18(25(19)4)14-24(2)3/h6-7,9,11,16H,5,8,10,12-14H2,1-4H3,(H,21,27)/t16-/m0/s1. The molecule has 1 aliphatic rings. The summed E-state index contributed by atoms with van der Waals surface area (Å²) in [5.41, 5.74) is 2.06. The normalized spacial score (nSPS) is 17.4. The predicted octanol–water partition coefficient (Wildman–Crippen LogP) is 2.85. The molecule has 7 heteroatoms. The summed E-state index contributed by atoms with van der Waals surface area (Å²) < 4.78 is 2.08. The molecule has 3 rings (SSSR count). The van der Waals surface area contributed by atoms with Crippen molar-refractivity contribution in [3.63, 3.8) is 0 Å². The molecule has 0 aliphatic carbocycles. The number of carbonyl (C=O) groups excluding carboxylic acids is 1. The lowest BCUT2D eigenvalue weighted by Crippen LogP contribution is -2.42. The Morgan fingerprint density at radius 3 is 2.81 bits per heavy atom. The number of para-hydroxylation sites is 1. The Morgan fingerprint density at radius 2 is 2.07 bits per heavy atom. The number of aryl methyl sites for hydroxylation is 1. The first-order chi connectivity index (χ1) is 13.0. The van der Waals surface area contributed by atoms with E-state index in [9.17, 15) is 4.79 Å². The van der Waals surface area contributed by atoms with E-state index in [0.29, 0.717) is 6.54 Å². The second kappa shape index (κ2) is 8.52. The molecule has 1 saturated heterocycles. The SMILES string of the molecule is CCc1ccccc1NC(=O)N1CCC[C@H](c2nnc(CN(C)C)n2C)C1. The van der Waals surface area contributed by atoms with Gasteiger partial charge < -0.3 is 19.7 Å². The van der Waals surface area contributed by atoms with E-state index in [1.807, 2.05) is 44.2 Å². The smallest absolute Gasteiger partial charge is 0.321 e. The Bertz CT molecular complexity index is 785. The summed E-state index contributed by atoms with van der Waals surface area (Å²) in [6.07, 6.45) is 2.90. The van der Waals surface area contributed by atoms with Crippen molar-refractivity contribution in [3.8, 4) is 0 Å². The number of aromatic nitrogens is 3. The van der Waals surface area contributed by atoms with Crippen LogP contribution >= 0.6 is 0 Å². The van der Waals surface area contributed by atoms with Crippen LogP contribution in [-0.2, 0) is 20.0 Å². The summed E-state index contributed by atoms with van der Waals surface area (Å²) in [6.45, 7) is 4.31. The average molecular weight is 371 g/mol. The Morgan fingerprint density at radius 1 is 1.30 bits per heavy atom. The third-order valence-electron chi connectivity index (χ3n) is 5.17. The Kier molecular flexibility index (Phi) is 6.11. The molecule has 0 saturated carbocycles. The molecule has 1 aliphatic heterocycles. The lowest BCUT2D eigenvalue weighted by atomic mass is 9.97. The first-order valence-electron chi connectivity index (χ1n) is 9.66. The van der Waals surface area contributed by atoms with Crippen molar-refractivity contribution >= 4 is 11.7 Å². The summed E-state index contributed by atoms with van der Waals surface area (Å²) in [4.78, 5) is 16.8. The first kappa shape index (κ1) is 19.4. The van der Waals surface area contributed by atoms with Gasteiger partial charge in [0.05, 0.1) is 6.54 Å². The van der Waals surface area contributed by atoms with Crippen LogP contribution in [0.3, 0.4) is 0 Å². The van der Waals surface area contributed by atoms with E-state index < -0.39 is 0 Å². The molecular formula is C20H30N6O. The minimum atomic E-state index is -0.0312. The van der Waals surface area contributed by atoms with Crippen molar-refractivity contribution in [2.45, 2.75) is 38.6 Å². The van der Waals surface area contributed by atoms with Gasteiger partial charge in [-0.2, -0.15) is 0 Å². The Hall–Kier alpha value is -2.41. The number of piperidine rings is 1. The first-order valence-corrected chi connectivity index (χ1v) is 9.66. The van der Waals surface area contributed by atoms with Gasteiger partial charge in [-0.05, 0) is 45.0 Å². The molecule has 27 heavy (non-hydrogen) atoms.